The quantitative estimate of drug-likeness (QED) is 0.626. The fourth-order valence-corrected chi connectivity index (χ4v) is 2.73. The molecule has 7 heteroatoms. The number of benzene rings is 1. The van der Waals surface area contributed by atoms with Gasteiger partial charge in [0.25, 0.3) is 5.91 Å². The zero-order chi connectivity index (χ0) is 17.4. The van der Waals surface area contributed by atoms with Gasteiger partial charge in [-0.2, -0.15) is 5.10 Å². The van der Waals surface area contributed by atoms with E-state index >= 15 is 0 Å². The predicted octanol–water partition coefficient (Wildman–Crippen LogP) is 2.69. The zero-order valence-corrected chi connectivity index (χ0v) is 13.8. The summed E-state index contributed by atoms with van der Waals surface area (Å²) in [4.78, 5) is 12.5. The molecular formula is C18H16N6O. The lowest BCUT2D eigenvalue weighted by molar-refractivity contribution is 0.102. The summed E-state index contributed by atoms with van der Waals surface area (Å²) in [6.07, 6.45) is 3.26. The molecule has 4 rings (SSSR count). The lowest BCUT2D eigenvalue weighted by Crippen LogP contribution is -2.15. The molecule has 25 heavy (non-hydrogen) atoms. The largest absolute Gasteiger partial charge is 0.307 e. The average molecular weight is 332 g/mol. The molecule has 0 spiro atoms. The first-order valence-corrected chi connectivity index (χ1v) is 7.82. The molecule has 0 saturated heterocycles. The van der Waals surface area contributed by atoms with Gasteiger partial charge in [0.1, 0.15) is 12.1 Å². The molecule has 0 aliphatic heterocycles. The summed E-state index contributed by atoms with van der Waals surface area (Å²) in [5.41, 5.74) is 4.22. The van der Waals surface area contributed by atoms with Crippen LogP contribution in [0.1, 0.15) is 15.9 Å². The van der Waals surface area contributed by atoms with E-state index in [1.54, 1.807) is 40.8 Å². The number of fused-ring (bicyclic) bond motifs is 1. The molecule has 0 fully saturated rings. The molecule has 0 atom stereocenters. The lowest BCUT2D eigenvalue weighted by Gasteiger charge is -2.05. The van der Waals surface area contributed by atoms with Gasteiger partial charge >= 0.3 is 0 Å². The van der Waals surface area contributed by atoms with Crippen LogP contribution in [-0.2, 0) is 7.05 Å². The number of hydrogen-bond donors (Lipinski definition) is 1. The number of nitrogens with zero attached hydrogens (tertiary/aromatic N) is 5. The third kappa shape index (κ3) is 2.76. The Morgan fingerprint density at radius 1 is 1.16 bits per heavy atom. The summed E-state index contributed by atoms with van der Waals surface area (Å²) in [7, 11) is 1.81. The van der Waals surface area contributed by atoms with Crippen LogP contribution in [-0.4, -0.2) is 30.3 Å². The monoisotopic (exact) mass is 332 g/mol. The minimum atomic E-state index is -0.213. The molecule has 124 valence electrons. The first-order chi connectivity index (χ1) is 12.1. The molecule has 3 aromatic heterocycles. The van der Waals surface area contributed by atoms with Crippen molar-refractivity contribution in [3.63, 3.8) is 0 Å². The highest BCUT2D eigenvalue weighted by Crippen LogP contribution is 2.24. The van der Waals surface area contributed by atoms with E-state index in [4.69, 9.17) is 0 Å². The summed E-state index contributed by atoms with van der Waals surface area (Å²) >= 11 is 0. The highest BCUT2D eigenvalue weighted by Gasteiger charge is 2.13. The number of carbonyl (C=O) groups excluding carboxylic acids is 1. The maximum absolute atomic E-state index is 12.5. The van der Waals surface area contributed by atoms with Crippen LogP contribution in [0.2, 0.25) is 0 Å². The molecule has 7 nitrogen and oxygen atoms in total. The fraction of sp³-hybridized carbons (Fsp3) is 0.111. The molecular weight excluding hydrogens is 316 g/mol. The second kappa shape index (κ2) is 5.86. The number of pyridine rings is 1. The van der Waals surface area contributed by atoms with Gasteiger partial charge < -0.3 is 5.32 Å². The van der Waals surface area contributed by atoms with Crippen LogP contribution in [0.15, 0.2) is 55.0 Å². The summed E-state index contributed by atoms with van der Waals surface area (Å²) in [5.74, 6) is 0.419. The molecule has 3 heterocycles. The standard InChI is InChI=1S/C18H16N6O/c1-12-5-3-4-6-14(12)15-9-17(23(2)22-15)20-18(25)13-7-8-16-21-19-11-24(16)10-13/h3-11H,1-2H3,(H,20,25). The highest BCUT2D eigenvalue weighted by atomic mass is 16.1. The van der Waals surface area contributed by atoms with Gasteiger partial charge in [-0.3, -0.25) is 13.9 Å². The number of aromatic nitrogens is 5. The number of carbonyl (C=O) groups is 1. The normalized spacial score (nSPS) is 11.0. The molecule has 1 aromatic carbocycles. The van der Waals surface area contributed by atoms with Gasteiger partial charge in [-0.15, -0.1) is 10.2 Å². The first-order valence-electron chi connectivity index (χ1n) is 7.82. The van der Waals surface area contributed by atoms with Crippen molar-refractivity contribution < 1.29 is 4.79 Å². The summed E-state index contributed by atoms with van der Waals surface area (Å²) in [6.45, 7) is 2.04. The van der Waals surface area contributed by atoms with Crippen LogP contribution in [0.3, 0.4) is 0 Å². The van der Waals surface area contributed by atoms with Gasteiger partial charge in [0, 0.05) is 24.9 Å². The molecule has 0 radical (unpaired) electrons. The Balaban J connectivity index is 1.62. The van der Waals surface area contributed by atoms with Crippen LogP contribution in [0.25, 0.3) is 16.9 Å². The Kier molecular flexibility index (Phi) is 3.53. The van der Waals surface area contributed by atoms with Crippen molar-refractivity contribution in [3.8, 4) is 11.3 Å². The van der Waals surface area contributed by atoms with Gasteiger partial charge in [-0.25, -0.2) is 0 Å². The van der Waals surface area contributed by atoms with Gasteiger partial charge in [-0.1, -0.05) is 24.3 Å². The topological polar surface area (TPSA) is 77.1 Å². The number of nitrogens with one attached hydrogen (secondary N) is 1. The SMILES string of the molecule is Cc1ccccc1-c1cc(NC(=O)c2ccc3nncn3c2)n(C)n1. The van der Waals surface area contributed by atoms with E-state index in [0.29, 0.717) is 17.0 Å². The van der Waals surface area contributed by atoms with E-state index in [1.807, 2.05) is 37.3 Å². The van der Waals surface area contributed by atoms with Crippen LogP contribution in [0, 0.1) is 6.92 Å². The minimum Gasteiger partial charge on any atom is -0.307 e. The van der Waals surface area contributed by atoms with E-state index in [0.717, 1.165) is 16.8 Å². The second-order valence-electron chi connectivity index (χ2n) is 5.82. The number of aryl methyl sites for hydroxylation is 2. The van der Waals surface area contributed by atoms with Crippen molar-refractivity contribution in [2.75, 3.05) is 5.32 Å². The Hall–Kier alpha value is -3.48. The summed E-state index contributed by atoms with van der Waals surface area (Å²) < 4.78 is 3.37. The van der Waals surface area contributed by atoms with Crippen LogP contribution in [0.4, 0.5) is 5.82 Å². The number of hydrogen-bond acceptors (Lipinski definition) is 4. The Morgan fingerprint density at radius 3 is 2.84 bits per heavy atom. The summed E-state index contributed by atoms with van der Waals surface area (Å²) in [5, 5.41) is 15.1. The highest BCUT2D eigenvalue weighted by molar-refractivity contribution is 6.04. The zero-order valence-electron chi connectivity index (χ0n) is 13.8. The first kappa shape index (κ1) is 15.1. The second-order valence-corrected chi connectivity index (χ2v) is 5.82. The molecule has 0 bridgehead atoms. The minimum absolute atomic E-state index is 0.213. The van der Waals surface area contributed by atoms with Crippen LogP contribution < -0.4 is 5.32 Å². The smallest absolute Gasteiger partial charge is 0.258 e. The summed E-state index contributed by atoms with van der Waals surface area (Å²) in [6, 6.07) is 13.4. The van der Waals surface area contributed by atoms with E-state index < -0.39 is 0 Å². The van der Waals surface area contributed by atoms with Crippen molar-refractivity contribution in [1.29, 1.82) is 0 Å². The van der Waals surface area contributed by atoms with Crippen molar-refractivity contribution in [1.82, 2.24) is 24.4 Å². The molecule has 0 unspecified atom stereocenters. The molecule has 1 amide bonds. The Morgan fingerprint density at radius 2 is 2.00 bits per heavy atom. The average Bonchev–Trinajstić information content (AvgIpc) is 3.21. The van der Waals surface area contributed by atoms with Crippen molar-refractivity contribution in [2.45, 2.75) is 6.92 Å². The number of amides is 1. The number of rotatable bonds is 3. The maximum Gasteiger partial charge on any atom is 0.258 e. The molecule has 0 aliphatic carbocycles. The Labute approximate surface area is 143 Å². The molecule has 1 N–H and O–H groups in total. The molecule has 0 saturated carbocycles. The van der Waals surface area contributed by atoms with Gasteiger partial charge in [0.2, 0.25) is 0 Å². The number of anilines is 1. The lowest BCUT2D eigenvalue weighted by atomic mass is 10.1. The third-order valence-corrected chi connectivity index (χ3v) is 4.10. The van der Waals surface area contributed by atoms with Gasteiger partial charge in [0.05, 0.1) is 11.3 Å². The van der Waals surface area contributed by atoms with Gasteiger partial charge in [-0.05, 0) is 24.6 Å². The van der Waals surface area contributed by atoms with E-state index in [1.165, 1.54) is 0 Å². The maximum atomic E-state index is 12.5. The van der Waals surface area contributed by atoms with E-state index in [-0.39, 0.29) is 5.91 Å². The fourth-order valence-electron chi connectivity index (χ4n) is 2.73. The van der Waals surface area contributed by atoms with E-state index in [9.17, 15) is 4.79 Å². The van der Waals surface area contributed by atoms with E-state index in [2.05, 4.69) is 20.6 Å². The molecule has 0 aliphatic rings. The predicted molar refractivity (Wildman–Crippen MR) is 94.3 cm³/mol. The Bertz CT molecular complexity index is 1080. The van der Waals surface area contributed by atoms with Crippen LogP contribution >= 0.6 is 0 Å². The van der Waals surface area contributed by atoms with Crippen molar-refractivity contribution >= 4 is 17.4 Å². The molecule has 4 aromatic rings. The van der Waals surface area contributed by atoms with Crippen molar-refractivity contribution in [2.24, 2.45) is 7.05 Å². The van der Waals surface area contributed by atoms with Crippen LogP contribution in [0.5, 0.6) is 0 Å². The third-order valence-electron chi connectivity index (χ3n) is 4.10. The van der Waals surface area contributed by atoms with Crippen molar-refractivity contribution in [3.05, 3.63) is 66.1 Å². The van der Waals surface area contributed by atoms with Gasteiger partial charge in [0.15, 0.2) is 5.65 Å².